The predicted octanol–water partition coefficient (Wildman–Crippen LogP) is 3.68. The first kappa shape index (κ1) is 21.7. The normalized spacial score (nSPS) is 24.8. The molecule has 6 nitrogen and oxygen atoms in total. The molecular formula is C20H33B2NO5. The van der Waals surface area contributed by atoms with Crippen molar-refractivity contribution in [1.29, 1.82) is 0 Å². The van der Waals surface area contributed by atoms with Gasteiger partial charge in [-0.05, 0) is 61.5 Å². The highest BCUT2D eigenvalue weighted by atomic mass is 16.7. The Morgan fingerprint density at radius 2 is 1.14 bits per heavy atom. The molecule has 2 aliphatic heterocycles. The molecule has 0 aliphatic carbocycles. The maximum Gasteiger partial charge on any atom is 0.551 e. The van der Waals surface area contributed by atoms with Gasteiger partial charge in [-0.15, -0.1) is 0 Å². The Bertz CT molecular complexity index is 654. The maximum absolute atomic E-state index is 6.32. The van der Waals surface area contributed by atoms with Crippen molar-refractivity contribution in [3.63, 3.8) is 0 Å². The van der Waals surface area contributed by atoms with Crippen molar-refractivity contribution in [1.82, 2.24) is 4.72 Å². The maximum atomic E-state index is 6.32. The summed E-state index contributed by atoms with van der Waals surface area (Å²) in [7, 11) is 0.460. The molecule has 0 bridgehead atoms. The molecule has 28 heavy (non-hydrogen) atoms. The van der Waals surface area contributed by atoms with Gasteiger partial charge in [0, 0.05) is 12.1 Å². The van der Waals surface area contributed by atoms with E-state index in [1.54, 1.807) is 7.11 Å². The molecule has 154 valence electrons. The van der Waals surface area contributed by atoms with E-state index in [2.05, 4.69) is 0 Å². The fraction of sp³-hybridized carbons (Fsp3) is 0.700. The zero-order valence-electron chi connectivity index (χ0n) is 18.7. The molecule has 0 N–H and O–H groups in total. The number of para-hydroxylation sites is 1. The molecule has 1 aromatic carbocycles. The summed E-state index contributed by atoms with van der Waals surface area (Å²) in [6.45, 7) is 16.8. The van der Waals surface area contributed by atoms with Crippen LogP contribution < -0.4 is 4.74 Å². The number of methoxy groups -OCH3 is 1. The van der Waals surface area contributed by atoms with E-state index in [4.69, 9.17) is 23.4 Å². The van der Waals surface area contributed by atoms with Crippen molar-refractivity contribution >= 4 is 14.5 Å². The van der Waals surface area contributed by atoms with Gasteiger partial charge in [0.25, 0.3) is 0 Å². The molecule has 0 aromatic heterocycles. The van der Waals surface area contributed by atoms with Gasteiger partial charge in [-0.25, -0.2) is 0 Å². The minimum atomic E-state index is -0.607. The van der Waals surface area contributed by atoms with Gasteiger partial charge in [0.1, 0.15) is 5.75 Å². The summed E-state index contributed by atoms with van der Waals surface area (Å²) >= 11 is 0. The lowest BCUT2D eigenvalue weighted by atomic mass is 9.87. The average Bonchev–Trinajstić information content (AvgIpc) is 2.92. The molecule has 2 fully saturated rings. The summed E-state index contributed by atoms with van der Waals surface area (Å²) in [5.41, 5.74) is -0.823. The third-order valence-electron chi connectivity index (χ3n) is 6.57. The predicted molar refractivity (Wildman–Crippen MR) is 111 cm³/mol. The highest BCUT2D eigenvalue weighted by Crippen LogP contribution is 2.42. The highest BCUT2D eigenvalue weighted by Gasteiger charge is 2.61. The molecule has 2 aliphatic rings. The molecule has 0 saturated carbocycles. The molecule has 2 saturated heterocycles. The van der Waals surface area contributed by atoms with Crippen LogP contribution in [0.25, 0.3) is 0 Å². The quantitative estimate of drug-likeness (QED) is 0.717. The topological polar surface area (TPSA) is 49.4 Å². The van der Waals surface area contributed by atoms with Crippen LogP contribution >= 0.6 is 0 Å². The lowest BCUT2D eigenvalue weighted by Gasteiger charge is -2.32. The van der Waals surface area contributed by atoms with E-state index in [1.165, 1.54) is 0 Å². The van der Waals surface area contributed by atoms with Gasteiger partial charge in [0.2, 0.25) is 0 Å². The van der Waals surface area contributed by atoms with Crippen molar-refractivity contribution in [2.75, 3.05) is 7.11 Å². The third kappa shape index (κ3) is 3.73. The molecule has 0 unspecified atom stereocenters. The Kier molecular flexibility index (Phi) is 5.43. The summed E-state index contributed by atoms with van der Waals surface area (Å²) in [5, 5.41) is 0. The van der Waals surface area contributed by atoms with Crippen LogP contribution in [0.2, 0.25) is 0 Å². The smallest absolute Gasteiger partial charge is 0.496 e. The van der Waals surface area contributed by atoms with E-state index in [0.717, 1.165) is 11.3 Å². The zero-order chi connectivity index (χ0) is 21.0. The van der Waals surface area contributed by atoms with Gasteiger partial charge in [-0.3, -0.25) is 4.72 Å². The van der Waals surface area contributed by atoms with Gasteiger partial charge in [-0.1, -0.05) is 18.2 Å². The molecule has 0 amide bonds. The first-order chi connectivity index (χ1) is 12.8. The number of nitrogens with zero attached hydrogens (tertiary/aromatic N) is 1. The van der Waals surface area contributed by atoms with Crippen LogP contribution in [-0.4, -0.2) is 48.7 Å². The molecule has 0 spiro atoms. The summed E-state index contributed by atoms with van der Waals surface area (Å²) < 4.78 is 32.8. The van der Waals surface area contributed by atoms with Crippen molar-refractivity contribution in [3.8, 4) is 5.75 Å². The second kappa shape index (κ2) is 7.03. The van der Waals surface area contributed by atoms with E-state index in [9.17, 15) is 0 Å². The Morgan fingerprint density at radius 1 is 0.750 bits per heavy atom. The van der Waals surface area contributed by atoms with E-state index < -0.39 is 36.9 Å². The van der Waals surface area contributed by atoms with Crippen molar-refractivity contribution in [2.24, 2.45) is 0 Å². The number of hydrogen-bond donors (Lipinski definition) is 0. The first-order valence-electron chi connectivity index (χ1n) is 9.89. The molecule has 8 heteroatoms. The van der Waals surface area contributed by atoms with Gasteiger partial charge in [0.15, 0.2) is 0 Å². The van der Waals surface area contributed by atoms with E-state index in [0.29, 0.717) is 6.54 Å². The van der Waals surface area contributed by atoms with Crippen molar-refractivity contribution in [3.05, 3.63) is 29.8 Å². The highest BCUT2D eigenvalue weighted by molar-refractivity contribution is 6.60. The summed E-state index contributed by atoms with van der Waals surface area (Å²) in [6.07, 6.45) is 0. The van der Waals surface area contributed by atoms with Crippen LogP contribution in [0.4, 0.5) is 0 Å². The second-order valence-corrected chi connectivity index (χ2v) is 9.61. The summed E-state index contributed by atoms with van der Waals surface area (Å²) in [4.78, 5) is 0. The van der Waals surface area contributed by atoms with Crippen LogP contribution in [0, 0.1) is 0 Å². The van der Waals surface area contributed by atoms with Crippen molar-refractivity contribution < 1.29 is 23.4 Å². The minimum absolute atomic E-state index is 0.458. The van der Waals surface area contributed by atoms with Crippen molar-refractivity contribution in [2.45, 2.75) is 84.3 Å². The molecule has 0 radical (unpaired) electrons. The summed E-state index contributed by atoms with van der Waals surface area (Å²) in [5.74, 6) is 0.806. The van der Waals surface area contributed by atoms with E-state index >= 15 is 0 Å². The Balaban J connectivity index is 1.94. The Hall–Kier alpha value is -1.05. The number of rotatable bonds is 5. The molecule has 3 rings (SSSR count). The van der Waals surface area contributed by atoms with Crippen LogP contribution in [0.1, 0.15) is 61.0 Å². The lowest BCUT2D eigenvalue weighted by Crippen LogP contribution is -2.52. The zero-order valence-corrected chi connectivity index (χ0v) is 18.7. The van der Waals surface area contributed by atoms with E-state index in [1.807, 2.05) is 84.4 Å². The van der Waals surface area contributed by atoms with Crippen LogP contribution in [0.3, 0.4) is 0 Å². The third-order valence-corrected chi connectivity index (χ3v) is 6.57. The number of hydrogen-bond acceptors (Lipinski definition) is 6. The van der Waals surface area contributed by atoms with Gasteiger partial charge in [-0.2, -0.15) is 0 Å². The summed E-state index contributed by atoms with van der Waals surface area (Å²) in [6, 6.07) is 7.92. The Labute approximate surface area is 170 Å². The van der Waals surface area contributed by atoms with Gasteiger partial charge >= 0.3 is 14.5 Å². The van der Waals surface area contributed by atoms with Gasteiger partial charge < -0.3 is 23.4 Å². The van der Waals surface area contributed by atoms with Crippen LogP contribution in [0.15, 0.2) is 24.3 Å². The minimum Gasteiger partial charge on any atom is -0.496 e. The Morgan fingerprint density at radius 3 is 1.54 bits per heavy atom. The average molecular weight is 389 g/mol. The number of ether oxygens (including phenoxy) is 1. The van der Waals surface area contributed by atoms with Crippen LogP contribution in [-0.2, 0) is 25.2 Å². The van der Waals surface area contributed by atoms with Gasteiger partial charge in [0.05, 0.1) is 29.5 Å². The SMILES string of the molecule is COc1ccccc1CN(B1OC(C)(C)C(C)(C)O1)B1OC(C)(C)C(C)(C)O1. The molecular weight excluding hydrogens is 356 g/mol. The number of benzene rings is 1. The molecule has 1 aromatic rings. The fourth-order valence-corrected chi connectivity index (χ4v) is 3.17. The lowest BCUT2D eigenvalue weighted by molar-refractivity contribution is 0.00578. The van der Waals surface area contributed by atoms with E-state index in [-0.39, 0.29) is 0 Å². The standard InChI is InChI=1S/C20H33B2NO5/c1-17(2)18(3,4)26-21(25-17)23(14-15-12-10-11-13-16(15)24-9)22-27-19(5,6)20(7,8)28-22/h10-13H,14H2,1-9H3. The monoisotopic (exact) mass is 389 g/mol. The molecule has 0 atom stereocenters. The molecule has 2 heterocycles. The second-order valence-electron chi connectivity index (χ2n) is 9.61. The first-order valence-corrected chi connectivity index (χ1v) is 9.89. The largest absolute Gasteiger partial charge is 0.551 e. The fourth-order valence-electron chi connectivity index (χ4n) is 3.17. The van der Waals surface area contributed by atoms with Crippen LogP contribution in [0.5, 0.6) is 5.75 Å².